The topological polar surface area (TPSA) is 100 Å². The predicted octanol–water partition coefficient (Wildman–Crippen LogP) is 1.61. The molecule has 8 heteroatoms. The third kappa shape index (κ3) is 3.28. The maximum absolute atomic E-state index is 12.5. The third-order valence-corrected chi connectivity index (χ3v) is 5.12. The lowest BCUT2D eigenvalue weighted by Gasteiger charge is -2.27. The molecule has 1 unspecified atom stereocenters. The van der Waals surface area contributed by atoms with Gasteiger partial charge in [0.05, 0.1) is 17.7 Å². The molecule has 0 radical (unpaired) electrons. The quantitative estimate of drug-likeness (QED) is 0.702. The standard InChI is InChI=1S/C16H22N4O3S/c1-15(2,3)6-10(21)17-7-16(13(22)19-14(23)20-16)12-11(9-4-5-9)24-8-18-12/h8-9H,4-7H2,1-3H3,(H,17,21)(H2,19,20,22,23). The summed E-state index contributed by atoms with van der Waals surface area (Å²) >= 11 is 1.50. The minimum absolute atomic E-state index is 0.00292. The molecule has 7 nitrogen and oxygen atoms in total. The number of nitrogens with one attached hydrogen (secondary N) is 3. The van der Waals surface area contributed by atoms with E-state index in [0.29, 0.717) is 18.0 Å². The number of thiazole rings is 1. The highest BCUT2D eigenvalue weighted by Gasteiger charge is 2.52. The number of nitrogens with zero attached hydrogens (tertiary/aromatic N) is 1. The number of hydrogen-bond acceptors (Lipinski definition) is 5. The van der Waals surface area contributed by atoms with Gasteiger partial charge in [0.15, 0.2) is 5.54 Å². The van der Waals surface area contributed by atoms with Crippen LogP contribution in [0.2, 0.25) is 0 Å². The molecular formula is C16H22N4O3S. The Morgan fingerprint density at radius 3 is 2.67 bits per heavy atom. The fraction of sp³-hybridized carbons (Fsp3) is 0.625. The van der Waals surface area contributed by atoms with Crippen LogP contribution in [0.1, 0.15) is 56.5 Å². The average molecular weight is 350 g/mol. The molecule has 0 bridgehead atoms. The van der Waals surface area contributed by atoms with Gasteiger partial charge < -0.3 is 10.6 Å². The monoisotopic (exact) mass is 350 g/mol. The van der Waals surface area contributed by atoms with Crippen molar-refractivity contribution in [2.24, 2.45) is 5.41 Å². The molecule has 0 aromatic carbocycles. The lowest BCUT2D eigenvalue weighted by molar-refractivity contribution is -0.126. The number of aromatic nitrogens is 1. The van der Waals surface area contributed by atoms with Crippen LogP contribution in [0, 0.1) is 5.41 Å². The minimum Gasteiger partial charge on any atom is -0.353 e. The molecule has 2 heterocycles. The summed E-state index contributed by atoms with van der Waals surface area (Å²) in [5, 5.41) is 7.77. The van der Waals surface area contributed by atoms with Gasteiger partial charge in [0.2, 0.25) is 5.91 Å². The van der Waals surface area contributed by atoms with Crippen LogP contribution >= 0.6 is 11.3 Å². The zero-order chi connectivity index (χ0) is 17.5. The van der Waals surface area contributed by atoms with Crippen molar-refractivity contribution in [2.45, 2.75) is 51.5 Å². The zero-order valence-electron chi connectivity index (χ0n) is 14.1. The van der Waals surface area contributed by atoms with Crippen LogP contribution in [0.25, 0.3) is 0 Å². The molecule has 24 heavy (non-hydrogen) atoms. The zero-order valence-corrected chi connectivity index (χ0v) is 14.9. The molecule has 1 saturated heterocycles. The Balaban J connectivity index is 1.84. The first kappa shape index (κ1) is 16.9. The van der Waals surface area contributed by atoms with Crippen LogP contribution in [-0.4, -0.2) is 29.4 Å². The van der Waals surface area contributed by atoms with E-state index in [1.165, 1.54) is 11.3 Å². The van der Waals surface area contributed by atoms with Crippen molar-refractivity contribution in [3.8, 4) is 0 Å². The van der Waals surface area contributed by atoms with Crippen molar-refractivity contribution in [2.75, 3.05) is 6.54 Å². The molecule has 1 atom stereocenters. The Kier molecular flexibility index (Phi) is 4.11. The number of carbonyl (C=O) groups excluding carboxylic acids is 3. The summed E-state index contributed by atoms with van der Waals surface area (Å²) in [4.78, 5) is 41.8. The molecule has 1 aliphatic heterocycles. The van der Waals surface area contributed by atoms with Gasteiger partial charge in [-0.25, -0.2) is 9.78 Å². The lowest BCUT2D eigenvalue weighted by Crippen LogP contribution is -2.53. The number of carbonyl (C=O) groups is 3. The first-order valence-electron chi connectivity index (χ1n) is 8.05. The maximum Gasteiger partial charge on any atom is 0.322 e. The van der Waals surface area contributed by atoms with Gasteiger partial charge in [-0.2, -0.15) is 0 Å². The van der Waals surface area contributed by atoms with E-state index in [1.54, 1.807) is 5.51 Å². The van der Waals surface area contributed by atoms with Crippen LogP contribution in [-0.2, 0) is 15.1 Å². The summed E-state index contributed by atoms with van der Waals surface area (Å²) < 4.78 is 0. The minimum atomic E-state index is -1.32. The SMILES string of the molecule is CC(C)(C)CC(=O)NCC1(c2ncsc2C2CC2)NC(=O)NC1=O. The molecule has 1 aliphatic carbocycles. The molecule has 4 amide bonds. The molecule has 0 spiro atoms. The second kappa shape index (κ2) is 5.84. The molecule has 3 rings (SSSR count). The number of imide groups is 1. The summed E-state index contributed by atoms with van der Waals surface area (Å²) in [6.07, 6.45) is 2.47. The Labute approximate surface area is 144 Å². The van der Waals surface area contributed by atoms with Crippen LogP contribution in [0.15, 0.2) is 5.51 Å². The molecule has 1 aromatic heterocycles. The van der Waals surface area contributed by atoms with Crippen LogP contribution in [0.5, 0.6) is 0 Å². The van der Waals surface area contributed by atoms with E-state index in [1.807, 2.05) is 20.8 Å². The van der Waals surface area contributed by atoms with E-state index in [9.17, 15) is 14.4 Å². The largest absolute Gasteiger partial charge is 0.353 e. The van der Waals surface area contributed by atoms with Crippen molar-refractivity contribution >= 4 is 29.2 Å². The number of rotatable bonds is 5. The van der Waals surface area contributed by atoms with Crippen molar-refractivity contribution in [1.29, 1.82) is 0 Å². The smallest absolute Gasteiger partial charge is 0.322 e. The van der Waals surface area contributed by atoms with Gasteiger partial charge in [-0.3, -0.25) is 14.9 Å². The Bertz CT molecular complexity index is 690. The molecule has 2 fully saturated rings. The van der Waals surface area contributed by atoms with Gasteiger partial charge in [0, 0.05) is 11.3 Å². The Morgan fingerprint density at radius 1 is 1.42 bits per heavy atom. The number of urea groups is 1. The van der Waals surface area contributed by atoms with E-state index in [4.69, 9.17) is 0 Å². The number of amides is 4. The maximum atomic E-state index is 12.5. The van der Waals surface area contributed by atoms with Crippen molar-refractivity contribution in [3.63, 3.8) is 0 Å². The van der Waals surface area contributed by atoms with Crippen LogP contribution < -0.4 is 16.0 Å². The van der Waals surface area contributed by atoms with E-state index in [-0.39, 0.29) is 17.9 Å². The summed E-state index contributed by atoms with van der Waals surface area (Å²) in [7, 11) is 0. The Morgan fingerprint density at radius 2 is 2.12 bits per heavy atom. The summed E-state index contributed by atoms with van der Waals surface area (Å²) in [6.45, 7) is 5.91. The first-order chi connectivity index (χ1) is 11.2. The summed E-state index contributed by atoms with van der Waals surface area (Å²) in [5.41, 5.74) is 0.787. The Hall–Kier alpha value is -1.96. The fourth-order valence-corrected chi connectivity index (χ4v) is 3.89. The fourth-order valence-electron chi connectivity index (χ4n) is 2.85. The molecule has 2 aliphatic rings. The molecule has 3 N–H and O–H groups in total. The van der Waals surface area contributed by atoms with Gasteiger partial charge >= 0.3 is 6.03 Å². The van der Waals surface area contributed by atoms with Gasteiger partial charge in [-0.05, 0) is 24.2 Å². The third-order valence-electron chi connectivity index (χ3n) is 4.13. The summed E-state index contributed by atoms with van der Waals surface area (Å²) in [6, 6.07) is -0.556. The van der Waals surface area contributed by atoms with Crippen molar-refractivity contribution in [3.05, 3.63) is 16.1 Å². The van der Waals surface area contributed by atoms with Crippen molar-refractivity contribution in [1.82, 2.24) is 20.9 Å². The summed E-state index contributed by atoms with van der Waals surface area (Å²) in [5.74, 6) is -0.213. The van der Waals surface area contributed by atoms with E-state index >= 15 is 0 Å². The van der Waals surface area contributed by atoms with Gasteiger partial charge in [-0.15, -0.1) is 11.3 Å². The van der Waals surface area contributed by atoms with Gasteiger partial charge in [0.25, 0.3) is 5.91 Å². The highest BCUT2D eigenvalue weighted by Crippen LogP contribution is 2.46. The molecule has 130 valence electrons. The second-order valence-electron chi connectivity index (χ2n) is 7.67. The highest BCUT2D eigenvalue weighted by molar-refractivity contribution is 7.09. The van der Waals surface area contributed by atoms with Crippen LogP contribution in [0.3, 0.4) is 0 Å². The van der Waals surface area contributed by atoms with E-state index < -0.39 is 17.5 Å². The molecule has 1 aromatic rings. The van der Waals surface area contributed by atoms with Gasteiger partial charge in [-0.1, -0.05) is 20.8 Å². The molecule has 1 saturated carbocycles. The lowest BCUT2D eigenvalue weighted by atomic mass is 9.90. The van der Waals surface area contributed by atoms with Crippen LogP contribution in [0.4, 0.5) is 4.79 Å². The van der Waals surface area contributed by atoms with E-state index in [2.05, 4.69) is 20.9 Å². The van der Waals surface area contributed by atoms with Crippen molar-refractivity contribution < 1.29 is 14.4 Å². The first-order valence-corrected chi connectivity index (χ1v) is 8.93. The van der Waals surface area contributed by atoms with E-state index in [0.717, 1.165) is 17.7 Å². The predicted molar refractivity (Wildman–Crippen MR) is 89.5 cm³/mol. The average Bonchev–Trinajstić information content (AvgIpc) is 3.10. The molecular weight excluding hydrogens is 328 g/mol. The van der Waals surface area contributed by atoms with Gasteiger partial charge in [0.1, 0.15) is 0 Å². The number of hydrogen-bond donors (Lipinski definition) is 3. The normalized spacial score (nSPS) is 23.8. The second-order valence-corrected chi connectivity index (χ2v) is 8.55. The highest BCUT2D eigenvalue weighted by atomic mass is 32.1.